The summed E-state index contributed by atoms with van der Waals surface area (Å²) in [5.41, 5.74) is 0. The smallest absolute Gasteiger partial charge is 0.191 e. The summed E-state index contributed by atoms with van der Waals surface area (Å²) in [6.45, 7) is 13.6. The minimum Gasteiger partial charge on any atom is -0.382 e. The zero-order valence-corrected chi connectivity index (χ0v) is 17.3. The topological polar surface area (TPSA) is 79.6 Å². The van der Waals surface area contributed by atoms with Gasteiger partial charge in [0.15, 0.2) is 5.96 Å². The molecule has 0 aromatic carbocycles. The fourth-order valence-electron chi connectivity index (χ4n) is 3.45. The lowest BCUT2D eigenvalue weighted by Crippen LogP contribution is -2.41. The Morgan fingerprint density at radius 1 is 1.30 bits per heavy atom. The van der Waals surface area contributed by atoms with E-state index in [4.69, 9.17) is 9.73 Å². The number of hydrogen-bond donors (Lipinski definition) is 2. The van der Waals surface area contributed by atoms with E-state index >= 15 is 0 Å². The number of likely N-dealkylation sites (N-methyl/N-ethyl adjacent to an activating group) is 1. The van der Waals surface area contributed by atoms with E-state index in [0.29, 0.717) is 6.04 Å². The molecule has 8 nitrogen and oxygen atoms in total. The number of hydrogen-bond acceptors (Lipinski definition) is 5. The highest BCUT2D eigenvalue weighted by Crippen LogP contribution is 2.16. The second-order valence-electron chi connectivity index (χ2n) is 6.81. The first-order valence-corrected chi connectivity index (χ1v) is 10.5. The van der Waals surface area contributed by atoms with E-state index in [1.54, 1.807) is 6.33 Å². The molecule has 1 aromatic rings. The predicted molar refractivity (Wildman–Crippen MR) is 109 cm³/mol. The molecule has 1 atom stereocenters. The van der Waals surface area contributed by atoms with Crippen molar-refractivity contribution in [3.8, 4) is 0 Å². The highest BCUT2D eigenvalue weighted by molar-refractivity contribution is 5.79. The van der Waals surface area contributed by atoms with Crippen LogP contribution in [-0.2, 0) is 17.7 Å². The molecule has 0 bridgehead atoms. The Labute approximate surface area is 163 Å². The molecule has 1 aliphatic rings. The highest BCUT2D eigenvalue weighted by Gasteiger charge is 2.22. The Balaban J connectivity index is 1.83. The number of aryl methyl sites for hydroxylation is 1. The van der Waals surface area contributed by atoms with Gasteiger partial charge in [0.2, 0.25) is 0 Å². The van der Waals surface area contributed by atoms with Crippen molar-refractivity contribution in [1.29, 1.82) is 0 Å². The van der Waals surface area contributed by atoms with Crippen LogP contribution in [0.2, 0.25) is 0 Å². The van der Waals surface area contributed by atoms with Crippen molar-refractivity contribution in [1.82, 2.24) is 30.3 Å². The van der Waals surface area contributed by atoms with Gasteiger partial charge in [0.25, 0.3) is 0 Å². The summed E-state index contributed by atoms with van der Waals surface area (Å²) in [6.07, 6.45) is 6.20. The molecule has 154 valence electrons. The summed E-state index contributed by atoms with van der Waals surface area (Å²) >= 11 is 0. The van der Waals surface area contributed by atoms with Crippen LogP contribution in [0.25, 0.3) is 0 Å². The maximum atomic E-state index is 5.42. The van der Waals surface area contributed by atoms with E-state index in [1.807, 2.05) is 6.92 Å². The van der Waals surface area contributed by atoms with Crippen molar-refractivity contribution in [2.24, 2.45) is 4.99 Å². The lowest BCUT2D eigenvalue weighted by molar-refractivity contribution is 0.145. The first-order chi connectivity index (χ1) is 13.3. The molecular formula is C19H37N7O. The number of likely N-dealkylation sites (tertiary alicyclic amines) is 1. The molecule has 0 spiro atoms. The van der Waals surface area contributed by atoms with Crippen LogP contribution in [0.4, 0.5) is 0 Å². The van der Waals surface area contributed by atoms with Gasteiger partial charge in [-0.2, -0.15) is 0 Å². The largest absolute Gasteiger partial charge is 0.382 e. The number of guanidine groups is 1. The number of aliphatic imine (C=N–C) groups is 1. The van der Waals surface area contributed by atoms with Crippen molar-refractivity contribution in [3.63, 3.8) is 0 Å². The molecule has 0 amide bonds. The molecule has 2 rings (SSSR count). The van der Waals surface area contributed by atoms with E-state index in [1.165, 1.54) is 19.4 Å². The molecule has 2 N–H and O–H groups in total. The quantitative estimate of drug-likeness (QED) is 0.324. The molecule has 0 radical (unpaired) electrons. The van der Waals surface area contributed by atoms with Gasteiger partial charge in [-0.3, -0.25) is 9.89 Å². The summed E-state index contributed by atoms with van der Waals surface area (Å²) in [5.74, 6) is 1.91. The van der Waals surface area contributed by atoms with Crippen molar-refractivity contribution in [2.75, 3.05) is 45.9 Å². The fraction of sp³-hybridized carbons (Fsp3) is 0.842. The van der Waals surface area contributed by atoms with E-state index < -0.39 is 0 Å². The Morgan fingerprint density at radius 3 is 2.93 bits per heavy atom. The molecule has 8 heteroatoms. The number of aromatic nitrogens is 3. The molecule has 1 aromatic heterocycles. The monoisotopic (exact) mass is 379 g/mol. The normalized spacial score (nSPS) is 18.2. The zero-order valence-electron chi connectivity index (χ0n) is 17.3. The second-order valence-corrected chi connectivity index (χ2v) is 6.81. The van der Waals surface area contributed by atoms with Crippen LogP contribution in [0.1, 0.15) is 45.9 Å². The van der Waals surface area contributed by atoms with Crippen molar-refractivity contribution in [3.05, 3.63) is 12.2 Å². The van der Waals surface area contributed by atoms with Crippen LogP contribution in [0, 0.1) is 0 Å². The first-order valence-electron chi connectivity index (χ1n) is 10.5. The zero-order chi connectivity index (χ0) is 19.3. The average Bonchev–Trinajstić information content (AvgIpc) is 3.33. The summed E-state index contributed by atoms with van der Waals surface area (Å²) in [5, 5.41) is 15.0. The van der Waals surface area contributed by atoms with Crippen LogP contribution in [0.15, 0.2) is 11.3 Å². The van der Waals surface area contributed by atoms with E-state index in [-0.39, 0.29) is 0 Å². The summed E-state index contributed by atoms with van der Waals surface area (Å²) in [7, 11) is 0. The van der Waals surface area contributed by atoms with Crippen molar-refractivity contribution in [2.45, 2.75) is 59.0 Å². The third-order valence-corrected chi connectivity index (χ3v) is 4.98. The van der Waals surface area contributed by atoms with Crippen molar-refractivity contribution >= 4 is 5.96 Å². The molecule has 1 unspecified atom stereocenters. The lowest BCUT2D eigenvalue weighted by atomic mass is 10.2. The molecule has 2 heterocycles. The Kier molecular flexibility index (Phi) is 10.1. The second kappa shape index (κ2) is 12.7. The van der Waals surface area contributed by atoms with Gasteiger partial charge in [0.05, 0.1) is 6.54 Å². The Hall–Kier alpha value is -1.67. The number of rotatable bonds is 12. The Morgan fingerprint density at radius 2 is 2.15 bits per heavy atom. The average molecular weight is 380 g/mol. The van der Waals surface area contributed by atoms with Gasteiger partial charge in [-0.05, 0) is 39.3 Å². The van der Waals surface area contributed by atoms with Gasteiger partial charge in [0, 0.05) is 45.3 Å². The molecule has 0 saturated carbocycles. The predicted octanol–water partition coefficient (Wildman–Crippen LogP) is 1.29. The summed E-state index contributed by atoms with van der Waals surface area (Å²) < 4.78 is 7.51. The third-order valence-electron chi connectivity index (χ3n) is 4.98. The van der Waals surface area contributed by atoms with Crippen LogP contribution in [0.5, 0.6) is 0 Å². The Bertz CT molecular complexity index is 546. The van der Waals surface area contributed by atoms with Crippen LogP contribution < -0.4 is 10.6 Å². The summed E-state index contributed by atoms with van der Waals surface area (Å²) in [6, 6.07) is 0.571. The van der Waals surface area contributed by atoms with E-state index in [0.717, 1.165) is 70.6 Å². The number of nitrogens with one attached hydrogen (secondary N) is 2. The lowest BCUT2D eigenvalue weighted by Gasteiger charge is -2.21. The minimum absolute atomic E-state index is 0.571. The van der Waals surface area contributed by atoms with Crippen LogP contribution in [-0.4, -0.2) is 77.6 Å². The molecular weight excluding hydrogens is 342 g/mol. The molecule has 27 heavy (non-hydrogen) atoms. The summed E-state index contributed by atoms with van der Waals surface area (Å²) in [4.78, 5) is 7.38. The SMILES string of the molecule is CCOCCCNC(=NCC1CCCN1CC)NCCn1cnnc1CC. The van der Waals surface area contributed by atoms with Gasteiger partial charge < -0.3 is 19.9 Å². The third kappa shape index (κ3) is 7.46. The van der Waals surface area contributed by atoms with Gasteiger partial charge in [-0.15, -0.1) is 10.2 Å². The number of ether oxygens (including phenoxy) is 1. The van der Waals surface area contributed by atoms with Gasteiger partial charge in [-0.1, -0.05) is 13.8 Å². The minimum atomic E-state index is 0.571. The number of nitrogens with zero attached hydrogens (tertiary/aromatic N) is 5. The van der Waals surface area contributed by atoms with Crippen LogP contribution in [0.3, 0.4) is 0 Å². The first kappa shape index (κ1) is 21.6. The standard InChI is InChI=1S/C19H37N7O/c1-4-18-24-23-16-26(18)13-11-21-19(20-10-8-14-27-6-3)22-15-17-9-7-12-25(17)5-2/h16-17H,4-15H2,1-3H3,(H2,20,21,22). The van der Waals surface area contributed by atoms with Gasteiger partial charge in [-0.25, -0.2) is 0 Å². The maximum absolute atomic E-state index is 5.42. The van der Waals surface area contributed by atoms with E-state index in [9.17, 15) is 0 Å². The maximum Gasteiger partial charge on any atom is 0.191 e. The van der Waals surface area contributed by atoms with Crippen molar-refractivity contribution < 1.29 is 4.74 Å². The molecule has 1 fully saturated rings. The molecule has 0 aliphatic carbocycles. The van der Waals surface area contributed by atoms with Gasteiger partial charge in [0.1, 0.15) is 12.2 Å². The molecule has 1 saturated heterocycles. The van der Waals surface area contributed by atoms with E-state index in [2.05, 4.69) is 44.1 Å². The fourth-order valence-corrected chi connectivity index (χ4v) is 3.45. The molecule has 1 aliphatic heterocycles. The highest BCUT2D eigenvalue weighted by atomic mass is 16.5. The van der Waals surface area contributed by atoms with Gasteiger partial charge >= 0.3 is 0 Å². The van der Waals surface area contributed by atoms with Crippen LogP contribution >= 0.6 is 0 Å².